The van der Waals surface area contributed by atoms with Crippen LogP contribution in [0.25, 0.3) is 76.8 Å². The average molecular weight is 639 g/mol. The van der Waals surface area contributed by atoms with E-state index in [0.717, 1.165) is 44.3 Å². The van der Waals surface area contributed by atoms with Gasteiger partial charge in [-0.25, -0.2) is 4.98 Å². The molecule has 10 rings (SSSR count). The predicted octanol–water partition coefficient (Wildman–Crippen LogP) is 13.2. The van der Waals surface area contributed by atoms with Crippen molar-refractivity contribution in [3.05, 3.63) is 182 Å². The first-order chi connectivity index (χ1) is 24.7. The van der Waals surface area contributed by atoms with Crippen LogP contribution in [-0.4, -0.2) is 4.98 Å². The Labute approximate surface area is 289 Å². The van der Waals surface area contributed by atoms with E-state index in [4.69, 9.17) is 9.40 Å². The predicted molar refractivity (Wildman–Crippen MR) is 210 cm³/mol. The third-order valence-corrected chi connectivity index (χ3v) is 9.83. The molecule has 0 N–H and O–H groups in total. The van der Waals surface area contributed by atoms with Crippen molar-refractivity contribution in [2.45, 2.75) is 0 Å². The van der Waals surface area contributed by atoms with Gasteiger partial charge in [0.15, 0.2) is 0 Å². The number of benzene rings is 8. The Morgan fingerprint density at radius 3 is 1.46 bits per heavy atom. The number of rotatable bonds is 5. The van der Waals surface area contributed by atoms with Gasteiger partial charge in [-0.15, -0.1) is 0 Å². The highest BCUT2D eigenvalue weighted by molar-refractivity contribution is 6.08. The van der Waals surface area contributed by atoms with E-state index in [2.05, 4.69) is 169 Å². The number of pyridine rings is 1. The summed E-state index contributed by atoms with van der Waals surface area (Å²) < 4.78 is 6.41. The van der Waals surface area contributed by atoms with Crippen molar-refractivity contribution < 1.29 is 4.42 Å². The van der Waals surface area contributed by atoms with Crippen LogP contribution in [0.15, 0.2) is 186 Å². The van der Waals surface area contributed by atoms with Gasteiger partial charge in [0.2, 0.25) is 5.71 Å². The molecule has 0 aliphatic rings. The zero-order valence-electron chi connectivity index (χ0n) is 27.1. The molecule has 0 atom stereocenters. The molecule has 0 unspecified atom stereocenters. The van der Waals surface area contributed by atoms with Gasteiger partial charge < -0.3 is 9.32 Å². The molecule has 0 bridgehead atoms. The Kier molecular flexibility index (Phi) is 6.49. The van der Waals surface area contributed by atoms with Crippen molar-refractivity contribution in [3.63, 3.8) is 0 Å². The van der Waals surface area contributed by atoms with Crippen molar-refractivity contribution >= 4 is 71.6 Å². The van der Waals surface area contributed by atoms with Gasteiger partial charge in [-0.3, -0.25) is 0 Å². The molecule has 0 aliphatic heterocycles. The maximum Gasteiger partial charge on any atom is 0.227 e. The molecule has 0 aliphatic carbocycles. The molecule has 0 saturated heterocycles. The minimum Gasteiger partial charge on any atom is -0.438 e. The topological polar surface area (TPSA) is 29.3 Å². The van der Waals surface area contributed by atoms with E-state index in [9.17, 15) is 0 Å². The second-order valence-electron chi connectivity index (χ2n) is 12.9. The van der Waals surface area contributed by atoms with Gasteiger partial charge in [0.05, 0.1) is 5.52 Å². The summed E-state index contributed by atoms with van der Waals surface area (Å²) in [5.41, 5.74) is 10.3. The van der Waals surface area contributed by atoms with Crippen LogP contribution in [0, 0.1) is 0 Å². The average Bonchev–Trinajstić information content (AvgIpc) is 3.53. The van der Waals surface area contributed by atoms with Crippen LogP contribution in [0.3, 0.4) is 0 Å². The second kappa shape index (κ2) is 11.5. The fourth-order valence-electron chi connectivity index (χ4n) is 7.22. The minimum atomic E-state index is 0.655. The lowest BCUT2D eigenvalue weighted by molar-refractivity contribution is 0.656. The van der Waals surface area contributed by atoms with E-state index in [-0.39, 0.29) is 0 Å². The molecule has 8 aromatic carbocycles. The number of anilines is 3. The zero-order chi connectivity index (χ0) is 33.0. The maximum absolute atomic E-state index is 6.41. The van der Waals surface area contributed by atoms with E-state index < -0.39 is 0 Å². The summed E-state index contributed by atoms with van der Waals surface area (Å²) in [6.45, 7) is 0. The van der Waals surface area contributed by atoms with Gasteiger partial charge in [-0.2, -0.15) is 0 Å². The summed E-state index contributed by atoms with van der Waals surface area (Å²) in [5.74, 6) is 0. The Hall–Kier alpha value is -6.71. The first kappa shape index (κ1) is 28.3. The molecule has 3 nitrogen and oxygen atoms in total. The highest BCUT2D eigenvalue weighted by Gasteiger charge is 2.17. The van der Waals surface area contributed by atoms with Gasteiger partial charge >= 0.3 is 0 Å². The van der Waals surface area contributed by atoms with Crippen molar-refractivity contribution in [1.29, 1.82) is 0 Å². The number of fused-ring (bicyclic) bond motifs is 6. The number of hydrogen-bond donors (Lipinski definition) is 0. The molecule has 0 radical (unpaired) electrons. The molecule has 234 valence electrons. The van der Waals surface area contributed by atoms with Crippen LogP contribution in [0.1, 0.15) is 0 Å². The van der Waals surface area contributed by atoms with E-state index in [0.29, 0.717) is 5.71 Å². The quantitative estimate of drug-likeness (QED) is 0.188. The molecule has 0 amide bonds. The fourth-order valence-corrected chi connectivity index (χ4v) is 7.22. The number of aromatic nitrogens is 1. The van der Waals surface area contributed by atoms with Crippen LogP contribution < -0.4 is 4.90 Å². The van der Waals surface area contributed by atoms with E-state index in [1.165, 1.54) is 43.8 Å². The van der Waals surface area contributed by atoms with Crippen molar-refractivity contribution in [3.8, 4) is 22.3 Å². The molecule has 10 aromatic rings. The molecule has 0 fully saturated rings. The Balaban J connectivity index is 1.08. The summed E-state index contributed by atoms with van der Waals surface area (Å²) in [5, 5.41) is 8.15. The first-order valence-corrected chi connectivity index (χ1v) is 16.9. The monoisotopic (exact) mass is 638 g/mol. The van der Waals surface area contributed by atoms with Crippen LogP contribution in [0.4, 0.5) is 17.1 Å². The lowest BCUT2D eigenvalue weighted by Crippen LogP contribution is -2.09. The summed E-state index contributed by atoms with van der Waals surface area (Å²) >= 11 is 0. The van der Waals surface area contributed by atoms with Gasteiger partial charge in [0.1, 0.15) is 5.58 Å². The highest BCUT2D eigenvalue weighted by atomic mass is 16.3. The summed E-state index contributed by atoms with van der Waals surface area (Å²) in [6, 6.07) is 64.8. The van der Waals surface area contributed by atoms with Crippen molar-refractivity contribution in [1.82, 2.24) is 4.98 Å². The third-order valence-electron chi connectivity index (χ3n) is 9.83. The van der Waals surface area contributed by atoms with Crippen LogP contribution in [0.5, 0.6) is 0 Å². The van der Waals surface area contributed by atoms with E-state index >= 15 is 0 Å². The highest BCUT2D eigenvalue weighted by Crippen LogP contribution is 2.40. The lowest BCUT2D eigenvalue weighted by Gasteiger charge is -2.26. The second-order valence-corrected chi connectivity index (χ2v) is 12.9. The molecule has 50 heavy (non-hydrogen) atoms. The number of hydrogen-bond acceptors (Lipinski definition) is 3. The summed E-state index contributed by atoms with van der Waals surface area (Å²) in [4.78, 5) is 7.14. The Morgan fingerprint density at radius 1 is 0.360 bits per heavy atom. The van der Waals surface area contributed by atoms with E-state index in [1.54, 1.807) is 0 Å². The van der Waals surface area contributed by atoms with Gasteiger partial charge in [0, 0.05) is 39.3 Å². The molecular weight excluding hydrogens is 609 g/mol. The Bertz CT molecular complexity index is 2750. The smallest absolute Gasteiger partial charge is 0.227 e. The summed E-state index contributed by atoms with van der Waals surface area (Å²) in [6.07, 6.45) is 0. The SMILES string of the molecule is c1ccc2cc(-c3ccc(N(c4ccc(-c5ccc6ccccc6c5)cc4)c4ccc5c(c4)oc4nc6ccccc6cc45)cc3)ccc2c1. The zero-order valence-corrected chi connectivity index (χ0v) is 27.1. The molecular formula is C47H30N2O. The normalized spacial score (nSPS) is 11.6. The first-order valence-electron chi connectivity index (χ1n) is 16.9. The molecule has 0 saturated carbocycles. The van der Waals surface area contributed by atoms with Crippen LogP contribution in [0.2, 0.25) is 0 Å². The Morgan fingerprint density at radius 2 is 0.860 bits per heavy atom. The lowest BCUT2D eigenvalue weighted by atomic mass is 10.00. The molecule has 2 aromatic heterocycles. The molecule has 0 spiro atoms. The minimum absolute atomic E-state index is 0.655. The van der Waals surface area contributed by atoms with Gasteiger partial charge in [-0.1, -0.05) is 115 Å². The van der Waals surface area contributed by atoms with Gasteiger partial charge in [-0.05, 0) is 104 Å². The summed E-state index contributed by atoms with van der Waals surface area (Å²) in [7, 11) is 0. The van der Waals surface area contributed by atoms with Crippen LogP contribution >= 0.6 is 0 Å². The van der Waals surface area contributed by atoms with Crippen molar-refractivity contribution in [2.24, 2.45) is 0 Å². The maximum atomic E-state index is 6.41. The largest absolute Gasteiger partial charge is 0.438 e. The van der Waals surface area contributed by atoms with Crippen LogP contribution in [-0.2, 0) is 0 Å². The van der Waals surface area contributed by atoms with Gasteiger partial charge in [0.25, 0.3) is 0 Å². The van der Waals surface area contributed by atoms with E-state index in [1.807, 2.05) is 18.2 Å². The third kappa shape index (κ3) is 4.87. The fraction of sp³-hybridized carbons (Fsp3) is 0. The standard InChI is InChI=1S/C47H30N2O/c1-3-9-35-27-37(15-13-31(35)7-1)33-17-21-40(22-18-33)49(41-23-19-34(20-24-41)38-16-14-32-8-2-4-10-36(32)28-38)42-25-26-43-44-29-39-11-5-6-12-45(39)48-47(44)50-46(43)30-42/h1-30H. The number of para-hydroxylation sites is 1. The van der Waals surface area contributed by atoms with Crippen molar-refractivity contribution in [2.75, 3.05) is 4.90 Å². The molecule has 2 heterocycles. The number of furan rings is 1. The number of nitrogens with zero attached hydrogens (tertiary/aromatic N) is 2. The molecule has 3 heteroatoms.